The van der Waals surface area contributed by atoms with Crippen LogP contribution in [0.2, 0.25) is 0 Å². The molecule has 0 heterocycles. The summed E-state index contributed by atoms with van der Waals surface area (Å²) in [6.45, 7) is 6.04. The van der Waals surface area contributed by atoms with Gasteiger partial charge in [0, 0.05) is 0 Å². The molecule has 0 radical (unpaired) electrons. The van der Waals surface area contributed by atoms with Crippen molar-refractivity contribution >= 4 is 0 Å². The van der Waals surface area contributed by atoms with Crippen molar-refractivity contribution in [3.63, 3.8) is 0 Å². The maximum Gasteiger partial charge on any atom is 0.573 e. The second kappa shape index (κ2) is 6.39. The number of rotatable bonds is 5. The predicted octanol–water partition coefficient (Wildman–Crippen LogP) is 5.81. The summed E-state index contributed by atoms with van der Waals surface area (Å²) in [5.41, 5.74) is 0.561. The van der Waals surface area contributed by atoms with E-state index in [0.29, 0.717) is 0 Å². The number of alkyl halides is 3. The third-order valence-electron chi connectivity index (χ3n) is 4.39. The lowest BCUT2D eigenvalue weighted by atomic mass is 9.98. The van der Waals surface area contributed by atoms with Crippen LogP contribution in [0.25, 0.3) is 0 Å². The summed E-state index contributed by atoms with van der Waals surface area (Å²) >= 11 is 0. The molecule has 0 bridgehead atoms. The number of hydrogen-bond acceptors (Lipinski definition) is 2. The van der Waals surface area contributed by atoms with Crippen LogP contribution >= 0.6 is 0 Å². The van der Waals surface area contributed by atoms with Crippen molar-refractivity contribution < 1.29 is 22.6 Å². The van der Waals surface area contributed by atoms with Crippen LogP contribution in [0.5, 0.6) is 11.5 Å². The molecule has 124 valence electrons. The molecule has 0 N–H and O–H groups in total. The fourth-order valence-electron chi connectivity index (χ4n) is 2.85. The van der Waals surface area contributed by atoms with E-state index in [2.05, 4.69) is 4.74 Å². The van der Waals surface area contributed by atoms with Crippen LogP contribution in [0, 0.1) is 0 Å². The smallest absolute Gasteiger partial charge is 0.484 e. The highest BCUT2D eigenvalue weighted by atomic mass is 19.4. The van der Waals surface area contributed by atoms with Gasteiger partial charge in [-0.3, -0.25) is 0 Å². The third-order valence-corrected chi connectivity index (χ3v) is 4.39. The van der Waals surface area contributed by atoms with E-state index in [1.54, 1.807) is 12.1 Å². The van der Waals surface area contributed by atoms with Gasteiger partial charge < -0.3 is 9.47 Å². The van der Waals surface area contributed by atoms with Crippen molar-refractivity contribution in [2.75, 3.05) is 0 Å². The van der Waals surface area contributed by atoms with Gasteiger partial charge in [-0.15, -0.1) is 13.2 Å². The van der Waals surface area contributed by atoms with Crippen molar-refractivity contribution in [1.82, 2.24) is 0 Å². The molecule has 1 aliphatic rings. The molecule has 2 rings (SSSR count). The highest BCUT2D eigenvalue weighted by Gasteiger charge is 2.35. The number of benzene rings is 1. The van der Waals surface area contributed by atoms with Gasteiger partial charge >= 0.3 is 6.36 Å². The molecule has 22 heavy (non-hydrogen) atoms. The highest BCUT2D eigenvalue weighted by molar-refractivity contribution is 5.44. The van der Waals surface area contributed by atoms with Crippen LogP contribution in [0.1, 0.15) is 64.4 Å². The first kappa shape index (κ1) is 17.0. The Bertz CT molecular complexity index is 505. The van der Waals surface area contributed by atoms with Crippen LogP contribution in [-0.2, 0) is 0 Å². The summed E-state index contributed by atoms with van der Waals surface area (Å²) in [4.78, 5) is 0. The Morgan fingerprint density at radius 2 is 1.82 bits per heavy atom. The lowest BCUT2D eigenvalue weighted by molar-refractivity contribution is -0.275. The first-order valence-corrected chi connectivity index (χ1v) is 7.81. The zero-order chi connectivity index (χ0) is 16.4. The molecule has 0 spiro atoms. The molecule has 1 aromatic carbocycles. The molecular formula is C17H23F3O2. The summed E-state index contributed by atoms with van der Waals surface area (Å²) in [6.07, 6.45) is -0.0190. The lowest BCUT2D eigenvalue weighted by Gasteiger charge is -2.27. The molecule has 0 aliphatic heterocycles. The SMILES string of the molecule is CCC(C)c1ccc(OC(F)(F)F)c(OC2(C)CCCC2)c1. The van der Waals surface area contributed by atoms with E-state index >= 15 is 0 Å². The second-order valence-electron chi connectivity index (χ2n) is 6.32. The van der Waals surface area contributed by atoms with Crippen molar-refractivity contribution in [1.29, 1.82) is 0 Å². The third kappa shape index (κ3) is 4.31. The lowest BCUT2D eigenvalue weighted by Crippen LogP contribution is -2.29. The normalized spacial score (nSPS) is 19.0. The van der Waals surface area contributed by atoms with Gasteiger partial charge in [0.1, 0.15) is 5.60 Å². The van der Waals surface area contributed by atoms with E-state index in [9.17, 15) is 13.2 Å². The monoisotopic (exact) mass is 316 g/mol. The fourth-order valence-corrected chi connectivity index (χ4v) is 2.85. The Balaban J connectivity index is 2.32. The van der Waals surface area contributed by atoms with Crippen molar-refractivity contribution in [2.45, 2.75) is 70.8 Å². The number of hydrogen-bond donors (Lipinski definition) is 0. The zero-order valence-electron chi connectivity index (χ0n) is 13.3. The molecule has 0 saturated heterocycles. The summed E-state index contributed by atoms with van der Waals surface area (Å²) in [6, 6.07) is 4.74. The van der Waals surface area contributed by atoms with Gasteiger partial charge in [-0.1, -0.05) is 19.9 Å². The van der Waals surface area contributed by atoms with E-state index in [1.807, 2.05) is 20.8 Å². The predicted molar refractivity (Wildman–Crippen MR) is 79.3 cm³/mol. The molecule has 1 aliphatic carbocycles. The molecule has 0 amide bonds. The Labute approximate surface area is 129 Å². The molecule has 1 saturated carbocycles. The van der Waals surface area contributed by atoms with Crippen LogP contribution < -0.4 is 9.47 Å². The topological polar surface area (TPSA) is 18.5 Å². The van der Waals surface area contributed by atoms with Crippen LogP contribution in [0.15, 0.2) is 18.2 Å². The number of ether oxygens (including phenoxy) is 2. The van der Waals surface area contributed by atoms with E-state index in [4.69, 9.17) is 4.74 Å². The van der Waals surface area contributed by atoms with Gasteiger partial charge in [-0.25, -0.2) is 0 Å². The largest absolute Gasteiger partial charge is 0.573 e. The van der Waals surface area contributed by atoms with Crippen molar-refractivity contribution in [3.05, 3.63) is 23.8 Å². The van der Waals surface area contributed by atoms with Gasteiger partial charge in [0.15, 0.2) is 11.5 Å². The van der Waals surface area contributed by atoms with E-state index in [1.165, 1.54) is 6.07 Å². The molecule has 2 nitrogen and oxygen atoms in total. The molecule has 1 fully saturated rings. The molecule has 1 aromatic rings. The first-order valence-electron chi connectivity index (χ1n) is 7.81. The summed E-state index contributed by atoms with van der Waals surface area (Å²) in [5, 5.41) is 0. The van der Waals surface area contributed by atoms with E-state index < -0.39 is 12.0 Å². The van der Waals surface area contributed by atoms with Gasteiger partial charge in [-0.2, -0.15) is 0 Å². The Hall–Kier alpha value is -1.39. The highest BCUT2D eigenvalue weighted by Crippen LogP contribution is 2.41. The van der Waals surface area contributed by atoms with Crippen molar-refractivity contribution in [2.24, 2.45) is 0 Å². The summed E-state index contributed by atoms with van der Waals surface area (Å²) < 4.78 is 47.8. The zero-order valence-corrected chi connectivity index (χ0v) is 13.3. The second-order valence-corrected chi connectivity index (χ2v) is 6.32. The van der Waals surface area contributed by atoms with E-state index in [0.717, 1.165) is 37.7 Å². The minimum Gasteiger partial charge on any atom is -0.484 e. The molecular weight excluding hydrogens is 293 g/mol. The Morgan fingerprint density at radius 3 is 2.36 bits per heavy atom. The number of halogens is 3. The quantitative estimate of drug-likeness (QED) is 0.682. The molecule has 5 heteroatoms. The average Bonchev–Trinajstić information content (AvgIpc) is 2.85. The standard InChI is InChI=1S/C17H23F3O2/c1-4-12(2)13-7-8-14(22-17(18,19)20)15(11-13)21-16(3)9-5-6-10-16/h7-8,11-12H,4-6,9-10H2,1-3H3. The van der Waals surface area contributed by atoms with Gasteiger partial charge in [-0.05, 0) is 62.6 Å². The van der Waals surface area contributed by atoms with Gasteiger partial charge in [0.25, 0.3) is 0 Å². The fraction of sp³-hybridized carbons (Fsp3) is 0.647. The van der Waals surface area contributed by atoms with Crippen molar-refractivity contribution in [3.8, 4) is 11.5 Å². The summed E-state index contributed by atoms with van der Waals surface area (Å²) in [5.74, 6) is 0.200. The maximum atomic E-state index is 12.6. The molecule has 1 atom stereocenters. The van der Waals surface area contributed by atoms with Crippen LogP contribution in [0.4, 0.5) is 13.2 Å². The Morgan fingerprint density at radius 1 is 1.18 bits per heavy atom. The average molecular weight is 316 g/mol. The molecule has 1 unspecified atom stereocenters. The minimum absolute atomic E-state index is 0.194. The maximum absolute atomic E-state index is 12.6. The van der Waals surface area contributed by atoms with Gasteiger partial charge in [0.05, 0.1) is 0 Å². The van der Waals surface area contributed by atoms with E-state index in [-0.39, 0.29) is 17.4 Å². The van der Waals surface area contributed by atoms with Gasteiger partial charge in [0.2, 0.25) is 0 Å². The summed E-state index contributed by atoms with van der Waals surface area (Å²) in [7, 11) is 0. The minimum atomic E-state index is -4.72. The van der Waals surface area contributed by atoms with Crippen LogP contribution in [-0.4, -0.2) is 12.0 Å². The molecule has 0 aromatic heterocycles. The first-order chi connectivity index (χ1) is 10.2. The van der Waals surface area contributed by atoms with Crippen LogP contribution in [0.3, 0.4) is 0 Å². The Kier molecular flexibility index (Phi) is 4.93.